The number of phenols is 1. The second-order valence-corrected chi connectivity index (χ2v) is 4.77. The molecule has 2 aromatic carbocycles. The topological polar surface area (TPSA) is 50.7 Å². The maximum atomic E-state index is 9.38. The van der Waals surface area contributed by atoms with Gasteiger partial charge in [0, 0.05) is 11.8 Å². The van der Waals surface area contributed by atoms with Gasteiger partial charge in [-0.15, -0.1) is 0 Å². The zero-order valence-electron chi connectivity index (χ0n) is 12.6. The van der Waals surface area contributed by atoms with Crippen LogP contribution >= 0.6 is 0 Å². The SMILES string of the molecule is CCC(Nc1ccc(OC)c(OC)c1)c1ccc(O)cc1. The van der Waals surface area contributed by atoms with Crippen LogP contribution in [0.5, 0.6) is 17.2 Å². The molecule has 0 saturated heterocycles. The van der Waals surface area contributed by atoms with E-state index in [9.17, 15) is 5.11 Å². The van der Waals surface area contributed by atoms with E-state index in [-0.39, 0.29) is 11.8 Å². The number of benzene rings is 2. The number of phenolic OH excluding ortho intramolecular Hbond substituents is 1. The second-order valence-electron chi connectivity index (χ2n) is 4.77. The van der Waals surface area contributed by atoms with Gasteiger partial charge in [-0.3, -0.25) is 0 Å². The van der Waals surface area contributed by atoms with Crippen molar-refractivity contribution in [3.05, 3.63) is 48.0 Å². The van der Waals surface area contributed by atoms with Crippen molar-refractivity contribution in [2.24, 2.45) is 0 Å². The van der Waals surface area contributed by atoms with Crippen molar-refractivity contribution in [2.75, 3.05) is 19.5 Å². The summed E-state index contributed by atoms with van der Waals surface area (Å²) in [5.41, 5.74) is 2.10. The van der Waals surface area contributed by atoms with Crippen molar-refractivity contribution >= 4 is 5.69 Å². The van der Waals surface area contributed by atoms with E-state index in [1.807, 2.05) is 30.3 Å². The Morgan fingerprint density at radius 3 is 2.24 bits per heavy atom. The van der Waals surface area contributed by atoms with Crippen molar-refractivity contribution < 1.29 is 14.6 Å². The number of aromatic hydroxyl groups is 1. The third kappa shape index (κ3) is 3.60. The van der Waals surface area contributed by atoms with Gasteiger partial charge in [-0.25, -0.2) is 0 Å². The van der Waals surface area contributed by atoms with E-state index < -0.39 is 0 Å². The van der Waals surface area contributed by atoms with E-state index in [1.54, 1.807) is 26.4 Å². The minimum absolute atomic E-state index is 0.170. The predicted octanol–water partition coefficient (Wildman–Crippen LogP) is 3.97. The molecule has 112 valence electrons. The molecule has 1 unspecified atom stereocenters. The van der Waals surface area contributed by atoms with Crippen LogP contribution in [0.15, 0.2) is 42.5 Å². The van der Waals surface area contributed by atoms with Crippen LogP contribution in [0.3, 0.4) is 0 Å². The maximum absolute atomic E-state index is 9.38. The van der Waals surface area contributed by atoms with Crippen molar-refractivity contribution in [2.45, 2.75) is 19.4 Å². The van der Waals surface area contributed by atoms with Crippen LogP contribution in [0.25, 0.3) is 0 Å². The Morgan fingerprint density at radius 2 is 1.67 bits per heavy atom. The molecule has 4 heteroatoms. The Hall–Kier alpha value is -2.36. The van der Waals surface area contributed by atoms with Gasteiger partial charge in [0.1, 0.15) is 5.75 Å². The maximum Gasteiger partial charge on any atom is 0.162 e. The number of ether oxygens (including phenoxy) is 2. The average molecular weight is 287 g/mol. The zero-order valence-corrected chi connectivity index (χ0v) is 12.6. The van der Waals surface area contributed by atoms with E-state index in [4.69, 9.17) is 9.47 Å². The highest BCUT2D eigenvalue weighted by Gasteiger charge is 2.11. The largest absolute Gasteiger partial charge is 0.508 e. The van der Waals surface area contributed by atoms with Gasteiger partial charge in [-0.05, 0) is 36.2 Å². The summed E-state index contributed by atoms with van der Waals surface area (Å²) in [4.78, 5) is 0. The Balaban J connectivity index is 2.20. The van der Waals surface area contributed by atoms with Crippen LogP contribution in [0.4, 0.5) is 5.69 Å². The summed E-state index contributed by atoms with van der Waals surface area (Å²) in [7, 11) is 3.25. The van der Waals surface area contributed by atoms with E-state index in [0.717, 1.165) is 17.7 Å². The molecule has 4 nitrogen and oxygen atoms in total. The van der Waals surface area contributed by atoms with Crippen molar-refractivity contribution in [1.82, 2.24) is 0 Å². The first kappa shape index (κ1) is 15.0. The van der Waals surface area contributed by atoms with Crippen LogP contribution in [-0.2, 0) is 0 Å². The molecular formula is C17H21NO3. The van der Waals surface area contributed by atoms with Crippen LogP contribution in [0.2, 0.25) is 0 Å². The fourth-order valence-corrected chi connectivity index (χ4v) is 2.25. The molecule has 0 aromatic heterocycles. The lowest BCUT2D eigenvalue weighted by Gasteiger charge is -2.20. The van der Waals surface area contributed by atoms with Gasteiger partial charge in [0.25, 0.3) is 0 Å². The number of anilines is 1. The Kier molecular flexibility index (Phi) is 4.93. The molecule has 0 spiro atoms. The lowest BCUT2D eigenvalue weighted by molar-refractivity contribution is 0.355. The van der Waals surface area contributed by atoms with Crippen molar-refractivity contribution in [3.63, 3.8) is 0 Å². The van der Waals surface area contributed by atoms with Crippen molar-refractivity contribution in [1.29, 1.82) is 0 Å². The monoisotopic (exact) mass is 287 g/mol. The fraction of sp³-hybridized carbons (Fsp3) is 0.294. The minimum atomic E-state index is 0.170. The van der Waals surface area contributed by atoms with Crippen molar-refractivity contribution in [3.8, 4) is 17.2 Å². The summed E-state index contributed by atoms with van der Waals surface area (Å²) in [6, 6.07) is 13.2. The Morgan fingerprint density at radius 1 is 1.00 bits per heavy atom. The number of hydrogen-bond donors (Lipinski definition) is 2. The Labute approximate surface area is 125 Å². The molecule has 0 aliphatic heterocycles. The summed E-state index contributed by atoms with van der Waals surface area (Å²) >= 11 is 0. The lowest BCUT2D eigenvalue weighted by atomic mass is 10.0. The fourth-order valence-electron chi connectivity index (χ4n) is 2.25. The van der Waals surface area contributed by atoms with Crippen LogP contribution < -0.4 is 14.8 Å². The van der Waals surface area contributed by atoms with E-state index in [1.165, 1.54) is 0 Å². The summed E-state index contributed by atoms with van der Waals surface area (Å²) in [5, 5.41) is 12.8. The van der Waals surface area contributed by atoms with Crippen LogP contribution in [-0.4, -0.2) is 19.3 Å². The molecule has 0 aliphatic rings. The normalized spacial score (nSPS) is 11.8. The number of rotatable bonds is 6. The quantitative estimate of drug-likeness (QED) is 0.844. The first-order valence-corrected chi connectivity index (χ1v) is 6.95. The van der Waals surface area contributed by atoms with Gasteiger partial charge >= 0.3 is 0 Å². The van der Waals surface area contributed by atoms with E-state index in [0.29, 0.717) is 11.5 Å². The molecule has 0 saturated carbocycles. The molecular weight excluding hydrogens is 266 g/mol. The van der Waals surface area contributed by atoms with Crippen LogP contribution in [0.1, 0.15) is 24.9 Å². The number of hydrogen-bond acceptors (Lipinski definition) is 4. The molecule has 2 rings (SSSR count). The molecule has 0 radical (unpaired) electrons. The number of nitrogens with one attached hydrogen (secondary N) is 1. The highest BCUT2D eigenvalue weighted by atomic mass is 16.5. The molecule has 0 bridgehead atoms. The highest BCUT2D eigenvalue weighted by Crippen LogP contribution is 2.32. The smallest absolute Gasteiger partial charge is 0.162 e. The third-order valence-electron chi connectivity index (χ3n) is 3.43. The zero-order chi connectivity index (χ0) is 15.2. The summed E-state index contributed by atoms with van der Waals surface area (Å²) in [6.45, 7) is 2.12. The number of methoxy groups -OCH3 is 2. The molecule has 2 aromatic rings. The first-order chi connectivity index (χ1) is 10.2. The van der Waals surface area contributed by atoms with E-state index >= 15 is 0 Å². The molecule has 0 heterocycles. The van der Waals surface area contributed by atoms with Gasteiger partial charge in [-0.2, -0.15) is 0 Å². The van der Waals surface area contributed by atoms with Gasteiger partial charge in [0.05, 0.1) is 20.3 Å². The third-order valence-corrected chi connectivity index (χ3v) is 3.43. The average Bonchev–Trinajstić information content (AvgIpc) is 2.53. The molecule has 2 N–H and O–H groups in total. The van der Waals surface area contributed by atoms with Crippen LogP contribution in [0, 0.1) is 0 Å². The second kappa shape index (κ2) is 6.88. The van der Waals surface area contributed by atoms with Gasteiger partial charge in [-0.1, -0.05) is 19.1 Å². The van der Waals surface area contributed by atoms with E-state index in [2.05, 4.69) is 12.2 Å². The molecule has 0 fully saturated rings. The summed E-state index contributed by atoms with van der Waals surface area (Å²) in [5.74, 6) is 1.68. The molecule has 21 heavy (non-hydrogen) atoms. The molecule has 0 aliphatic carbocycles. The summed E-state index contributed by atoms with van der Waals surface area (Å²) in [6.07, 6.45) is 0.930. The Bertz CT molecular complexity index is 581. The highest BCUT2D eigenvalue weighted by molar-refractivity contribution is 5.55. The van der Waals surface area contributed by atoms with Gasteiger partial charge < -0.3 is 19.9 Å². The lowest BCUT2D eigenvalue weighted by Crippen LogP contribution is -2.09. The standard InChI is InChI=1S/C17H21NO3/c1-4-15(12-5-8-14(19)9-6-12)18-13-7-10-16(20-2)17(11-13)21-3/h5-11,15,18-19H,4H2,1-3H3. The predicted molar refractivity (Wildman–Crippen MR) is 84.3 cm³/mol. The minimum Gasteiger partial charge on any atom is -0.508 e. The van der Waals surface area contributed by atoms with Gasteiger partial charge in [0.15, 0.2) is 11.5 Å². The molecule has 1 atom stereocenters. The summed E-state index contributed by atoms with van der Waals surface area (Å²) < 4.78 is 10.6. The molecule has 0 amide bonds. The first-order valence-electron chi connectivity index (χ1n) is 6.95. The van der Waals surface area contributed by atoms with Gasteiger partial charge in [0.2, 0.25) is 0 Å².